The Hall–Kier alpha value is -2.54. The van der Waals surface area contributed by atoms with Crippen LogP contribution < -0.4 is 17.2 Å². The fraction of sp³-hybridized carbons (Fsp3) is 0.650. The molecule has 2 aliphatic rings. The molecular weight excluding hydrogens is 452 g/mol. The minimum absolute atomic E-state index is 0. The van der Waals surface area contributed by atoms with Crippen LogP contribution in [0.5, 0.6) is 0 Å². The maximum Gasteiger partial charge on any atom is 0.234 e. The summed E-state index contributed by atoms with van der Waals surface area (Å²) in [7, 11) is 0. The lowest BCUT2D eigenvalue weighted by molar-refractivity contribution is -0.197. The second-order valence-electron chi connectivity index (χ2n) is 9.06. The van der Waals surface area contributed by atoms with Gasteiger partial charge in [0.05, 0.1) is 36.2 Å². The number of piperidine rings is 1. The molecule has 1 spiro atoms. The van der Waals surface area contributed by atoms with Gasteiger partial charge in [0.15, 0.2) is 11.5 Å². The standard InChI is InChI=1S/C20H30N8O4.ClH/c1-19(31)9-20(4-6-27(7-5-20)14(29)3-2-12(21)17(23)30)32-8-13(19)28-11-26-15-16(22)24-10-25-18(15)28;/h10-13,31H,2-9,21H2,1H3,(H2,23,30)(H2,22,24,25);1H/t12-,13+,19+;/m0./s1. The van der Waals surface area contributed by atoms with Gasteiger partial charge in [0.25, 0.3) is 0 Å². The fourth-order valence-electron chi connectivity index (χ4n) is 4.80. The van der Waals surface area contributed by atoms with E-state index in [2.05, 4.69) is 15.0 Å². The molecule has 3 atom stereocenters. The molecule has 2 aliphatic heterocycles. The zero-order valence-corrected chi connectivity index (χ0v) is 19.3. The van der Waals surface area contributed by atoms with Crippen LogP contribution in [0.15, 0.2) is 12.7 Å². The highest BCUT2D eigenvalue weighted by Crippen LogP contribution is 2.44. The van der Waals surface area contributed by atoms with Gasteiger partial charge < -0.3 is 36.5 Å². The van der Waals surface area contributed by atoms with Crippen molar-refractivity contribution in [2.75, 3.05) is 25.4 Å². The number of fused-ring (bicyclic) bond motifs is 1. The Labute approximate surface area is 197 Å². The topological polar surface area (TPSA) is 188 Å². The van der Waals surface area contributed by atoms with Crippen LogP contribution in [0.1, 0.15) is 45.1 Å². The largest absolute Gasteiger partial charge is 0.388 e. The Kier molecular flexibility index (Phi) is 7.13. The second kappa shape index (κ2) is 9.37. The van der Waals surface area contributed by atoms with Crippen molar-refractivity contribution in [1.82, 2.24) is 24.4 Å². The summed E-state index contributed by atoms with van der Waals surface area (Å²) < 4.78 is 8.11. The number of nitrogen functional groups attached to an aromatic ring is 1. The fourth-order valence-corrected chi connectivity index (χ4v) is 4.80. The highest BCUT2D eigenvalue weighted by atomic mass is 35.5. The summed E-state index contributed by atoms with van der Waals surface area (Å²) in [6.45, 7) is 3.11. The first-order valence-corrected chi connectivity index (χ1v) is 10.7. The lowest BCUT2D eigenvalue weighted by atomic mass is 9.75. The number of primary amides is 1. The minimum Gasteiger partial charge on any atom is -0.388 e. The van der Waals surface area contributed by atoms with Gasteiger partial charge in [-0.05, 0) is 26.2 Å². The smallest absolute Gasteiger partial charge is 0.234 e. The molecule has 12 nitrogen and oxygen atoms in total. The third-order valence-corrected chi connectivity index (χ3v) is 6.73. The number of nitrogens with zero attached hydrogens (tertiary/aromatic N) is 5. The van der Waals surface area contributed by atoms with Crippen LogP contribution in [0.25, 0.3) is 11.2 Å². The third-order valence-electron chi connectivity index (χ3n) is 6.73. The second-order valence-corrected chi connectivity index (χ2v) is 9.06. The highest BCUT2D eigenvalue weighted by molar-refractivity contribution is 5.85. The number of halogens is 1. The van der Waals surface area contributed by atoms with Gasteiger partial charge in [0, 0.05) is 25.9 Å². The van der Waals surface area contributed by atoms with Crippen molar-refractivity contribution < 1.29 is 19.4 Å². The molecule has 2 amide bonds. The third kappa shape index (κ3) is 4.88. The summed E-state index contributed by atoms with van der Waals surface area (Å²) in [4.78, 5) is 37.8. The molecule has 0 aliphatic carbocycles. The van der Waals surface area contributed by atoms with Crippen LogP contribution in [-0.4, -0.2) is 78.3 Å². The molecule has 4 rings (SSSR count). The van der Waals surface area contributed by atoms with Crippen molar-refractivity contribution in [3.8, 4) is 0 Å². The van der Waals surface area contributed by atoms with Crippen LogP contribution in [0.4, 0.5) is 5.82 Å². The van der Waals surface area contributed by atoms with E-state index in [-0.39, 0.29) is 49.6 Å². The highest BCUT2D eigenvalue weighted by Gasteiger charge is 2.50. The zero-order chi connectivity index (χ0) is 23.1. The number of rotatable bonds is 5. The molecule has 13 heteroatoms. The molecule has 182 valence electrons. The first-order chi connectivity index (χ1) is 15.1. The molecule has 0 aromatic carbocycles. The van der Waals surface area contributed by atoms with Crippen LogP contribution in [-0.2, 0) is 14.3 Å². The SMILES string of the molecule is C[C@@]1(O)CC2(CCN(C(=O)CC[C@H](N)C(N)=O)CC2)OC[C@H]1n1cnc2c(N)ncnc21.Cl. The molecule has 7 N–H and O–H groups in total. The van der Waals surface area contributed by atoms with E-state index in [1.54, 1.807) is 22.7 Å². The minimum atomic E-state index is -1.08. The van der Waals surface area contributed by atoms with E-state index < -0.39 is 23.2 Å². The van der Waals surface area contributed by atoms with E-state index in [1.807, 2.05) is 0 Å². The molecular formula is C20H31ClN8O4. The zero-order valence-electron chi connectivity index (χ0n) is 18.5. The van der Waals surface area contributed by atoms with Crippen LogP contribution in [0.2, 0.25) is 0 Å². The summed E-state index contributed by atoms with van der Waals surface area (Å²) >= 11 is 0. The predicted molar refractivity (Wildman–Crippen MR) is 122 cm³/mol. The number of amides is 2. The molecule has 2 aromatic heterocycles. The summed E-state index contributed by atoms with van der Waals surface area (Å²) in [5, 5.41) is 11.4. The van der Waals surface area contributed by atoms with E-state index in [0.717, 1.165) is 0 Å². The van der Waals surface area contributed by atoms with Gasteiger partial charge in [0.1, 0.15) is 11.8 Å². The van der Waals surface area contributed by atoms with Crippen molar-refractivity contribution in [3.63, 3.8) is 0 Å². The number of likely N-dealkylation sites (tertiary alicyclic amines) is 1. The van der Waals surface area contributed by atoms with Gasteiger partial charge in [0.2, 0.25) is 11.8 Å². The molecule has 2 fully saturated rings. The summed E-state index contributed by atoms with van der Waals surface area (Å²) in [5.41, 5.74) is 16.1. The molecule has 0 bridgehead atoms. The number of carbonyl (C=O) groups excluding carboxylic acids is 2. The quantitative estimate of drug-likeness (QED) is 0.435. The summed E-state index contributed by atoms with van der Waals surface area (Å²) in [6.07, 6.45) is 5.03. The number of ether oxygens (including phenoxy) is 1. The predicted octanol–water partition coefficient (Wildman–Crippen LogP) is -0.503. The molecule has 2 aromatic rings. The summed E-state index contributed by atoms with van der Waals surface area (Å²) in [5.74, 6) is -0.378. The number of anilines is 1. The van der Waals surface area contributed by atoms with Crippen molar-refractivity contribution in [2.24, 2.45) is 11.5 Å². The Morgan fingerprint density at radius 2 is 2.00 bits per heavy atom. The Morgan fingerprint density at radius 3 is 2.64 bits per heavy atom. The first-order valence-electron chi connectivity index (χ1n) is 10.7. The van der Waals surface area contributed by atoms with E-state index in [4.69, 9.17) is 21.9 Å². The average Bonchev–Trinajstić information content (AvgIpc) is 3.16. The van der Waals surface area contributed by atoms with Crippen molar-refractivity contribution in [1.29, 1.82) is 0 Å². The molecule has 33 heavy (non-hydrogen) atoms. The van der Waals surface area contributed by atoms with Gasteiger partial charge in [-0.3, -0.25) is 9.59 Å². The average molecular weight is 483 g/mol. The summed E-state index contributed by atoms with van der Waals surface area (Å²) in [6, 6.07) is -1.20. The number of aromatic nitrogens is 4. The van der Waals surface area contributed by atoms with E-state index in [0.29, 0.717) is 43.5 Å². The molecule has 4 heterocycles. The molecule has 2 saturated heterocycles. The lowest BCUT2D eigenvalue weighted by Gasteiger charge is -2.51. The monoisotopic (exact) mass is 482 g/mol. The Balaban J connectivity index is 0.00000306. The lowest BCUT2D eigenvalue weighted by Crippen LogP contribution is -2.58. The molecule has 0 saturated carbocycles. The van der Waals surface area contributed by atoms with Crippen molar-refractivity contribution in [2.45, 2.75) is 62.3 Å². The number of nitrogens with two attached hydrogens (primary N) is 3. The van der Waals surface area contributed by atoms with E-state index in [1.165, 1.54) is 6.33 Å². The Bertz CT molecular complexity index is 1020. The normalized spacial score (nSPS) is 25.5. The van der Waals surface area contributed by atoms with Gasteiger partial charge in [-0.25, -0.2) is 15.0 Å². The molecule has 0 unspecified atom stereocenters. The van der Waals surface area contributed by atoms with Crippen LogP contribution >= 0.6 is 12.4 Å². The van der Waals surface area contributed by atoms with Gasteiger partial charge >= 0.3 is 0 Å². The van der Waals surface area contributed by atoms with Gasteiger partial charge in [-0.15, -0.1) is 12.4 Å². The van der Waals surface area contributed by atoms with Crippen LogP contribution in [0.3, 0.4) is 0 Å². The Morgan fingerprint density at radius 1 is 1.30 bits per heavy atom. The van der Waals surface area contributed by atoms with E-state index >= 15 is 0 Å². The van der Waals surface area contributed by atoms with Gasteiger partial charge in [-0.2, -0.15) is 0 Å². The number of hydrogen-bond acceptors (Lipinski definition) is 9. The first kappa shape index (κ1) is 25.1. The molecule has 0 radical (unpaired) electrons. The number of hydrogen-bond donors (Lipinski definition) is 4. The van der Waals surface area contributed by atoms with Crippen LogP contribution in [0, 0.1) is 0 Å². The maximum atomic E-state index is 12.5. The van der Waals surface area contributed by atoms with Gasteiger partial charge in [-0.1, -0.05) is 0 Å². The number of imidazole rings is 1. The van der Waals surface area contributed by atoms with E-state index in [9.17, 15) is 14.7 Å². The number of aliphatic hydroxyl groups is 1. The number of carbonyl (C=O) groups is 2. The van der Waals surface area contributed by atoms with Crippen molar-refractivity contribution in [3.05, 3.63) is 12.7 Å². The van der Waals surface area contributed by atoms with Crippen molar-refractivity contribution >= 4 is 41.2 Å². The maximum absolute atomic E-state index is 12.5.